The van der Waals surface area contributed by atoms with E-state index in [9.17, 15) is 4.39 Å². The predicted octanol–water partition coefficient (Wildman–Crippen LogP) is 2.41. The summed E-state index contributed by atoms with van der Waals surface area (Å²) < 4.78 is 23.9. The number of ether oxygens (including phenoxy) is 1. The lowest BCUT2D eigenvalue weighted by atomic mass is 10.0. The second kappa shape index (κ2) is 5.12. The van der Waals surface area contributed by atoms with Gasteiger partial charge < -0.3 is 14.6 Å². The van der Waals surface area contributed by atoms with Gasteiger partial charge in [0.25, 0.3) is 5.89 Å². The van der Waals surface area contributed by atoms with Crippen LogP contribution in [-0.4, -0.2) is 28.8 Å². The van der Waals surface area contributed by atoms with E-state index >= 15 is 0 Å². The molecule has 0 saturated carbocycles. The first-order valence-corrected chi connectivity index (χ1v) is 6.56. The summed E-state index contributed by atoms with van der Waals surface area (Å²) in [6, 6.07) is 4.28. The van der Waals surface area contributed by atoms with Crippen molar-refractivity contribution >= 4 is 11.6 Å². The van der Waals surface area contributed by atoms with Crippen LogP contribution in [0.25, 0.3) is 11.4 Å². The number of halogens is 2. The van der Waals surface area contributed by atoms with Crippen molar-refractivity contribution in [2.75, 3.05) is 13.1 Å². The van der Waals surface area contributed by atoms with E-state index in [4.69, 9.17) is 20.9 Å². The molecule has 5 nitrogen and oxygen atoms in total. The molecule has 1 aliphatic heterocycles. The van der Waals surface area contributed by atoms with E-state index in [1.54, 1.807) is 6.07 Å². The molecule has 1 saturated heterocycles. The van der Waals surface area contributed by atoms with Gasteiger partial charge in [-0.3, -0.25) is 0 Å². The van der Waals surface area contributed by atoms with E-state index in [-0.39, 0.29) is 17.2 Å². The number of hydrogen-bond acceptors (Lipinski definition) is 5. The van der Waals surface area contributed by atoms with Gasteiger partial charge in [-0.1, -0.05) is 16.8 Å². The summed E-state index contributed by atoms with van der Waals surface area (Å²) in [5.74, 6) is 0.267. The lowest BCUT2D eigenvalue weighted by Gasteiger charge is -2.38. The van der Waals surface area contributed by atoms with Gasteiger partial charge in [-0.25, -0.2) is 4.39 Å². The van der Waals surface area contributed by atoms with Crippen LogP contribution in [-0.2, 0) is 11.3 Å². The second-order valence-corrected chi connectivity index (χ2v) is 5.39. The van der Waals surface area contributed by atoms with Crippen molar-refractivity contribution in [2.24, 2.45) is 0 Å². The fourth-order valence-electron chi connectivity index (χ4n) is 1.88. The summed E-state index contributed by atoms with van der Waals surface area (Å²) in [5, 5.41) is 7.00. The molecule has 106 valence electrons. The highest BCUT2D eigenvalue weighted by Crippen LogP contribution is 2.23. The third-order valence-corrected chi connectivity index (χ3v) is 3.48. The lowest BCUT2D eigenvalue weighted by molar-refractivity contribution is -0.0841. The van der Waals surface area contributed by atoms with Gasteiger partial charge in [0.05, 0.1) is 10.6 Å². The maximum absolute atomic E-state index is 13.1. The largest absolute Gasteiger partial charge is 0.363 e. The fraction of sp³-hybridized carbons (Fsp3) is 0.385. The maximum Gasteiger partial charge on any atom is 0.252 e. The van der Waals surface area contributed by atoms with Crippen LogP contribution in [0.1, 0.15) is 12.8 Å². The molecule has 1 aromatic carbocycles. The Balaban J connectivity index is 1.71. The number of benzene rings is 1. The van der Waals surface area contributed by atoms with Crippen LogP contribution in [0.3, 0.4) is 0 Å². The topological polar surface area (TPSA) is 60.2 Å². The van der Waals surface area contributed by atoms with E-state index in [0.29, 0.717) is 17.3 Å². The normalized spacial score (nSPS) is 16.9. The molecule has 0 bridgehead atoms. The minimum absolute atomic E-state index is 0.0261. The number of nitrogens with zero attached hydrogens (tertiary/aromatic N) is 2. The summed E-state index contributed by atoms with van der Waals surface area (Å²) in [6.45, 7) is 3.88. The molecule has 2 aromatic rings. The van der Waals surface area contributed by atoms with Crippen molar-refractivity contribution in [2.45, 2.75) is 19.1 Å². The Kier molecular flexibility index (Phi) is 3.45. The van der Waals surface area contributed by atoms with Crippen LogP contribution in [0.2, 0.25) is 5.02 Å². The molecule has 1 fully saturated rings. The molecule has 1 N–H and O–H groups in total. The lowest BCUT2D eigenvalue weighted by Crippen LogP contribution is -2.58. The van der Waals surface area contributed by atoms with Crippen LogP contribution in [0.5, 0.6) is 0 Å². The fourth-order valence-corrected chi connectivity index (χ4v) is 2.06. The van der Waals surface area contributed by atoms with Crippen LogP contribution in [0.4, 0.5) is 4.39 Å². The Labute approximate surface area is 120 Å². The van der Waals surface area contributed by atoms with Crippen molar-refractivity contribution in [1.82, 2.24) is 15.5 Å². The van der Waals surface area contributed by atoms with Gasteiger partial charge in [0.2, 0.25) is 5.82 Å². The summed E-state index contributed by atoms with van der Waals surface area (Å²) in [4.78, 5) is 4.21. The molecule has 0 atom stereocenters. The minimum Gasteiger partial charge on any atom is -0.363 e. The van der Waals surface area contributed by atoms with Crippen molar-refractivity contribution in [3.05, 3.63) is 34.9 Å². The van der Waals surface area contributed by atoms with E-state index in [1.165, 1.54) is 12.1 Å². The number of rotatable bonds is 4. The van der Waals surface area contributed by atoms with Gasteiger partial charge in [0, 0.05) is 18.7 Å². The minimum atomic E-state index is -0.479. The van der Waals surface area contributed by atoms with Crippen molar-refractivity contribution < 1.29 is 13.7 Å². The molecular weight excluding hydrogens is 285 g/mol. The van der Waals surface area contributed by atoms with Gasteiger partial charge in [-0.2, -0.15) is 4.98 Å². The highest BCUT2D eigenvalue weighted by atomic mass is 35.5. The van der Waals surface area contributed by atoms with Gasteiger partial charge in [-0.15, -0.1) is 0 Å². The van der Waals surface area contributed by atoms with E-state index in [2.05, 4.69) is 15.5 Å². The highest BCUT2D eigenvalue weighted by Gasteiger charge is 2.33. The molecule has 1 aromatic heterocycles. The predicted molar refractivity (Wildman–Crippen MR) is 70.8 cm³/mol. The molecule has 2 heterocycles. The Morgan fingerprint density at radius 3 is 2.95 bits per heavy atom. The van der Waals surface area contributed by atoms with Crippen molar-refractivity contribution in [3.8, 4) is 11.4 Å². The molecule has 0 aliphatic carbocycles. The first-order chi connectivity index (χ1) is 9.56. The molecule has 0 unspecified atom stereocenters. The highest BCUT2D eigenvalue weighted by molar-refractivity contribution is 6.31. The van der Waals surface area contributed by atoms with E-state index in [1.807, 2.05) is 6.92 Å². The Morgan fingerprint density at radius 2 is 2.30 bits per heavy atom. The van der Waals surface area contributed by atoms with Crippen molar-refractivity contribution in [3.63, 3.8) is 0 Å². The van der Waals surface area contributed by atoms with E-state index in [0.717, 1.165) is 13.1 Å². The van der Waals surface area contributed by atoms with Crippen molar-refractivity contribution in [1.29, 1.82) is 0 Å². The van der Waals surface area contributed by atoms with Gasteiger partial charge >= 0.3 is 0 Å². The zero-order valence-corrected chi connectivity index (χ0v) is 11.6. The molecule has 20 heavy (non-hydrogen) atoms. The number of nitrogens with one attached hydrogen (secondary N) is 1. The standard InChI is InChI=1S/C13H13ClFN3O2/c1-13(6-16-7-13)19-5-11-17-12(18-20-11)8-2-3-10(15)9(14)4-8/h2-4,16H,5-7H2,1H3. The summed E-state index contributed by atoms with van der Waals surface area (Å²) in [7, 11) is 0. The first kappa shape index (κ1) is 13.5. The Bertz CT molecular complexity index is 628. The molecule has 0 radical (unpaired) electrons. The van der Waals surface area contributed by atoms with Crippen LogP contribution in [0, 0.1) is 5.82 Å². The first-order valence-electron chi connectivity index (χ1n) is 6.18. The monoisotopic (exact) mass is 297 g/mol. The summed E-state index contributed by atoms with van der Waals surface area (Å²) in [6.07, 6.45) is 0. The van der Waals surface area contributed by atoms with Crippen LogP contribution in [0.15, 0.2) is 22.7 Å². The van der Waals surface area contributed by atoms with Crippen LogP contribution < -0.4 is 5.32 Å². The zero-order valence-electron chi connectivity index (χ0n) is 10.8. The average Bonchev–Trinajstić information content (AvgIpc) is 2.86. The molecule has 3 rings (SSSR count). The third-order valence-electron chi connectivity index (χ3n) is 3.19. The average molecular weight is 298 g/mol. The SMILES string of the molecule is CC1(OCc2nc(-c3ccc(F)c(Cl)c3)no2)CNC1. The quantitative estimate of drug-likeness (QED) is 0.939. The van der Waals surface area contributed by atoms with Gasteiger partial charge in [0.15, 0.2) is 0 Å². The Hall–Kier alpha value is -1.50. The molecule has 1 aliphatic rings. The molecule has 0 spiro atoms. The summed E-state index contributed by atoms with van der Waals surface area (Å²) in [5.41, 5.74) is 0.427. The Morgan fingerprint density at radius 1 is 1.50 bits per heavy atom. The van der Waals surface area contributed by atoms with Crippen LogP contribution >= 0.6 is 11.6 Å². The number of aromatic nitrogens is 2. The van der Waals surface area contributed by atoms with E-state index < -0.39 is 5.82 Å². The molecule has 0 amide bonds. The molecular formula is C13H13ClFN3O2. The summed E-state index contributed by atoms with van der Waals surface area (Å²) >= 11 is 5.73. The maximum atomic E-state index is 13.1. The zero-order chi connectivity index (χ0) is 14.2. The smallest absolute Gasteiger partial charge is 0.252 e. The van der Waals surface area contributed by atoms with Gasteiger partial charge in [-0.05, 0) is 25.1 Å². The van der Waals surface area contributed by atoms with Gasteiger partial charge in [0.1, 0.15) is 12.4 Å². The third kappa shape index (κ3) is 2.67. The molecule has 7 heteroatoms. The number of hydrogen-bond donors (Lipinski definition) is 1. The second-order valence-electron chi connectivity index (χ2n) is 4.98.